The van der Waals surface area contributed by atoms with Crippen molar-refractivity contribution >= 4 is 35.8 Å². The van der Waals surface area contributed by atoms with E-state index < -0.39 is 11.6 Å². The van der Waals surface area contributed by atoms with Crippen molar-refractivity contribution in [1.29, 1.82) is 0 Å². The second-order valence-electron chi connectivity index (χ2n) is 6.81. The van der Waals surface area contributed by atoms with Gasteiger partial charge in [-0.15, -0.1) is 24.0 Å². The van der Waals surface area contributed by atoms with Crippen LogP contribution >= 0.6 is 24.0 Å². The molecular weight excluding hydrogens is 465 g/mol. The minimum Gasteiger partial charge on any atom is -0.359 e. The van der Waals surface area contributed by atoms with Gasteiger partial charge in [-0.1, -0.05) is 13.0 Å². The van der Waals surface area contributed by atoms with E-state index in [1.54, 1.807) is 20.2 Å². The second-order valence-corrected chi connectivity index (χ2v) is 6.81. The largest absolute Gasteiger partial charge is 0.359 e. The average molecular weight is 494 g/mol. The van der Waals surface area contributed by atoms with Crippen molar-refractivity contribution in [3.05, 3.63) is 35.4 Å². The van der Waals surface area contributed by atoms with Crippen LogP contribution in [0.15, 0.2) is 23.2 Å². The van der Waals surface area contributed by atoms with Crippen molar-refractivity contribution in [3.8, 4) is 0 Å². The number of benzene rings is 1. The Hall–Kier alpha value is -1.45. The fourth-order valence-electron chi connectivity index (χ4n) is 3.23. The lowest BCUT2D eigenvalue weighted by Crippen LogP contribution is -2.46. The molecule has 1 unspecified atom stereocenters. The summed E-state index contributed by atoms with van der Waals surface area (Å²) in [6, 6.07) is 4.01. The van der Waals surface area contributed by atoms with E-state index >= 15 is 0 Å². The molecule has 27 heavy (non-hydrogen) atoms. The van der Waals surface area contributed by atoms with Crippen LogP contribution in [0.1, 0.15) is 37.7 Å². The van der Waals surface area contributed by atoms with Crippen molar-refractivity contribution in [2.24, 2.45) is 10.9 Å². The van der Waals surface area contributed by atoms with Crippen LogP contribution in [0.2, 0.25) is 0 Å². The summed E-state index contributed by atoms with van der Waals surface area (Å²) >= 11 is 0. The van der Waals surface area contributed by atoms with Gasteiger partial charge in [0.15, 0.2) is 17.6 Å². The van der Waals surface area contributed by atoms with E-state index in [1.165, 1.54) is 6.07 Å². The molecule has 1 saturated heterocycles. The molecule has 1 atom stereocenters. The molecule has 1 amide bonds. The minimum atomic E-state index is -0.829. The van der Waals surface area contributed by atoms with Gasteiger partial charge >= 0.3 is 0 Å². The molecule has 0 saturated carbocycles. The maximum absolute atomic E-state index is 13.4. The van der Waals surface area contributed by atoms with E-state index in [0.717, 1.165) is 43.5 Å². The molecule has 1 aromatic carbocycles. The Morgan fingerprint density at radius 3 is 2.52 bits per heavy atom. The van der Waals surface area contributed by atoms with Crippen molar-refractivity contribution in [3.63, 3.8) is 0 Å². The summed E-state index contributed by atoms with van der Waals surface area (Å²) in [5, 5.41) is 5.99. The number of aliphatic imine (C=N–C) groups is 1. The van der Waals surface area contributed by atoms with Crippen LogP contribution in [0.5, 0.6) is 0 Å². The number of nitrogens with zero attached hydrogens (tertiary/aromatic N) is 2. The van der Waals surface area contributed by atoms with Gasteiger partial charge in [0.05, 0.1) is 0 Å². The number of hydrogen-bond acceptors (Lipinski definition) is 2. The Morgan fingerprint density at radius 2 is 1.96 bits per heavy atom. The standard InChI is InChI=1S/C19H28F2N4O.HI/c1-13(15-4-5-16(20)17(21)11-15)12-24-19(23-3)25-8-6-14(7-9-25)10-18(26)22-2;/h4-5,11,13-14H,6-10,12H2,1-3H3,(H,22,26)(H,23,24);1H. The molecular formula is C19H29F2IN4O. The first-order chi connectivity index (χ1) is 12.4. The van der Waals surface area contributed by atoms with Gasteiger partial charge < -0.3 is 15.5 Å². The molecule has 0 spiro atoms. The van der Waals surface area contributed by atoms with E-state index in [2.05, 4.69) is 20.5 Å². The molecule has 5 nitrogen and oxygen atoms in total. The maximum Gasteiger partial charge on any atom is 0.220 e. The van der Waals surface area contributed by atoms with Gasteiger partial charge in [0.25, 0.3) is 0 Å². The van der Waals surface area contributed by atoms with Gasteiger partial charge in [-0.05, 0) is 42.4 Å². The minimum absolute atomic E-state index is 0. The molecule has 0 bridgehead atoms. The van der Waals surface area contributed by atoms with Gasteiger partial charge in [-0.2, -0.15) is 0 Å². The maximum atomic E-state index is 13.4. The number of guanidine groups is 1. The lowest BCUT2D eigenvalue weighted by atomic mass is 9.93. The summed E-state index contributed by atoms with van der Waals surface area (Å²) < 4.78 is 26.5. The molecule has 2 N–H and O–H groups in total. The molecule has 152 valence electrons. The summed E-state index contributed by atoms with van der Waals surface area (Å²) in [6.45, 7) is 4.24. The summed E-state index contributed by atoms with van der Waals surface area (Å²) in [6.07, 6.45) is 2.48. The third-order valence-electron chi connectivity index (χ3n) is 4.96. The van der Waals surface area contributed by atoms with Crippen molar-refractivity contribution < 1.29 is 13.6 Å². The van der Waals surface area contributed by atoms with Crippen LogP contribution in [0.3, 0.4) is 0 Å². The molecule has 0 radical (unpaired) electrons. The van der Waals surface area contributed by atoms with Crippen LogP contribution in [0.25, 0.3) is 0 Å². The van der Waals surface area contributed by atoms with Crippen LogP contribution in [0.4, 0.5) is 8.78 Å². The quantitative estimate of drug-likeness (QED) is 0.376. The lowest BCUT2D eigenvalue weighted by molar-refractivity contribution is -0.121. The number of piperidine rings is 1. The van der Waals surface area contributed by atoms with Gasteiger partial charge in [-0.3, -0.25) is 9.79 Å². The Morgan fingerprint density at radius 1 is 1.30 bits per heavy atom. The second kappa shape index (κ2) is 11.4. The van der Waals surface area contributed by atoms with Gasteiger partial charge in [0.1, 0.15) is 0 Å². The zero-order chi connectivity index (χ0) is 19.1. The molecule has 0 aromatic heterocycles. The summed E-state index contributed by atoms with van der Waals surface area (Å²) in [7, 11) is 3.40. The first-order valence-electron chi connectivity index (χ1n) is 9.05. The molecule has 1 aliphatic heterocycles. The first kappa shape index (κ1) is 23.6. The number of amides is 1. The number of carbonyl (C=O) groups excluding carboxylic acids is 1. The predicted octanol–water partition coefficient (Wildman–Crippen LogP) is 3.11. The van der Waals surface area contributed by atoms with Crippen LogP contribution in [-0.4, -0.2) is 50.5 Å². The first-order valence-corrected chi connectivity index (χ1v) is 9.05. The Kier molecular flexibility index (Phi) is 9.97. The Balaban J connectivity index is 0.00000364. The van der Waals surface area contributed by atoms with Gasteiger partial charge in [0.2, 0.25) is 5.91 Å². The van der Waals surface area contributed by atoms with Crippen LogP contribution in [0, 0.1) is 17.6 Å². The van der Waals surface area contributed by atoms with Crippen molar-refractivity contribution in [2.45, 2.75) is 32.1 Å². The molecule has 1 aliphatic rings. The van der Waals surface area contributed by atoms with E-state index in [-0.39, 0.29) is 35.8 Å². The van der Waals surface area contributed by atoms with Crippen LogP contribution in [-0.2, 0) is 4.79 Å². The van der Waals surface area contributed by atoms with Gasteiger partial charge in [-0.25, -0.2) is 8.78 Å². The molecule has 0 aliphatic carbocycles. The van der Waals surface area contributed by atoms with E-state index in [0.29, 0.717) is 18.9 Å². The molecule has 8 heteroatoms. The normalized spacial score (nSPS) is 16.5. The monoisotopic (exact) mass is 494 g/mol. The highest BCUT2D eigenvalue weighted by Gasteiger charge is 2.23. The topological polar surface area (TPSA) is 56.7 Å². The number of nitrogens with one attached hydrogen (secondary N) is 2. The van der Waals surface area contributed by atoms with Crippen molar-refractivity contribution in [2.75, 3.05) is 33.7 Å². The number of halogens is 3. The van der Waals surface area contributed by atoms with Crippen LogP contribution < -0.4 is 10.6 Å². The fraction of sp³-hybridized carbons (Fsp3) is 0.579. The lowest BCUT2D eigenvalue weighted by Gasteiger charge is -2.34. The number of carbonyl (C=O) groups is 1. The zero-order valence-electron chi connectivity index (χ0n) is 16.1. The molecule has 1 aromatic rings. The zero-order valence-corrected chi connectivity index (χ0v) is 18.4. The summed E-state index contributed by atoms with van der Waals surface area (Å²) in [4.78, 5) is 18.0. The highest BCUT2D eigenvalue weighted by Crippen LogP contribution is 2.21. The van der Waals surface area contributed by atoms with Gasteiger partial charge in [0, 0.05) is 40.2 Å². The predicted molar refractivity (Wildman–Crippen MR) is 115 cm³/mol. The Bertz CT molecular complexity index is 649. The summed E-state index contributed by atoms with van der Waals surface area (Å²) in [5.74, 6) is -0.330. The van der Waals surface area contributed by atoms with E-state index in [1.807, 2.05) is 6.92 Å². The highest BCUT2D eigenvalue weighted by molar-refractivity contribution is 14.0. The van der Waals surface area contributed by atoms with Crippen molar-refractivity contribution in [1.82, 2.24) is 15.5 Å². The smallest absolute Gasteiger partial charge is 0.220 e. The third kappa shape index (κ3) is 6.90. The molecule has 2 rings (SSSR count). The average Bonchev–Trinajstić information content (AvgIpc) is 2.65. The number of likely N-dealkylation sites (tertiary alicyclic amines) is 1. The highest BCUT2D eigenvalue weighted by atomic mass is 127. The molecule has 1 heterocycles. The number of rotatable bonds is 5. The molecule has 1 fully saturated rings. The third-order valence-corrected chi connectivity index (χ3v) is 4.96. The Labute approximate surface area is 177 Å². The summed E-state index contributed by atoms with van der Waals surface area (Å²) in [5.41, 5.74) is 0.746. The number of hydrogen-bond donors (Lipinski definition) is 2. The fourth-order valence-corrected chi connectivity index (χ4v) is 3.23. The van der Waals surface area contributed by atoms with E-state index in [4.69, 9.17) is 0 Å². The SMILES string of the molecule is CN=C(NCC(C)c1ccc(F)c(F)c1)N1CCC(CC(=O)NC)CC1.I. The van der Waals surface area contributed by atoms with E-state index in [9.17, 15) is 13.6 Å².